The molecule has 1 aliphatic rings. The van der Waals surface area contributed by atoms with Crippen LogP contribution in [0.1, 0.15) is 44.2 Å². The first-order chi connectivity index (χ1) is 8.58. The number of aliphatic hydroxyl groups excluding tert-OH is 1. The molecule has 0 saturated heterocycles. The first-order valence-corrected chi connectivity index (χ1v) is 6.85. The Hall–Kier alpha value is -0.640. The third-order valence-electron chi connectivity index (χ3n) is 3.62. The lowest BCUT2D eigenvalue weighted by atomic mass is 9.91. The van der Waals surface area contributed by atoms with Gasteiger partial charge in [-0.3, -0.25) is 0 Å². The fourth-order valence-electron chi connectivity index (χ4n) is 2.57. The lowest BCUT2D eigenvalue weighted by molar-refractivity contribution is 0.0860. The maximum Gasteiger partial charge on any atom is 0.124 e. The minimum Gasteiger partial charge on any atom is -0.392 e. The maximum atomic E-state index is 13.0. The average Bonchev–Trinajstić information content (AvgIpc) is 2.32. The topological polar surface area (TPSA) is 32.3 Å². The summed E-state index contributed by atoms with van der Waals surface area (Å²) < 4.78 is 13.0. The second kappa shape index (κ2) is 6.00. The van der Waals surface area contributed by atoms with Crippen molar-refractivity contribution in [2.45, 2.75) is 50.8 Å². The number of hydrogen-bond donors (Lipinski definition) is 2. The quantitative estimate of drug-likeness (QED) is 0.883. The smallest absolute Gasteiger partial charge is 0.124 e. The van der Waals surface area contributed by atoms with Crippen LogP contribution in [0.2, 0.25) is 5.02 Å². The normalized spacial score (nSPS) is 26.0. The molecule has 4 heteroatoms. The van der Waals surface area contributed by atoms with Gasteiger partial charge in [0.25, 0.3) is 0 Å². The van der Waals surface area contributed by atoms with Crippen molar-refractivity contribution in [3.8, 4) is 0 Å². The molecule has 0 bridgehead atoms. The predicted octanol–water partition coefficient (Wildman–Crippen LogP) is 3.43. The number of nitrogens with one attached hydrogen (secondary N) is 1. The maximum absolute atomic E-state index is 13.0. The molecule has 0 amide bonds. The third-order valence-corrected chi connectivity index (χ3v) is 3.95. The van der Waals surface area contributed by atoms with Crippen molar-refractivity contribution in [1.82, 2.24) is 5.32 Å². The number of hydrogen-bond acceptors (Lipinski definition) is 2. The van der Waals surface area contributed by atoms with Crippen LogP contribution in [0.4, 0.5) is 4.39 Å². The van der Waals surface area contributed by atoms with Crippen molar-refractivity contribution < 1.29 is 9.50 Å². The van der Waals surface area contributed by atoms with Gasteiger partial charge in [0.05, 0.1) is 6.10 Å². The third kappa shape index (κ3) is 3.22. The van der Waals surface area contributed by atoms with E-state index in [0.29, 0.717) is 5.02 Å². The highest BCUT2D eigenvalue weighted by Gasteiger charge is 2.25. The first-order valence-electron chi connectivity index (χ1n) is 6.47. The molecule has 0 aromatic heterocycles. The molecule has 1 saturated carbocycles. The fraction of sp³-hybridized carbons (Fsp3) is 0.571. The molecule has 2 rings (SSSR count). The Labute approximate surface area is 112 Å². The standard InChI is InChI=1S/C14H19ClFNO/c1-9(11-7-6-10(16)8-12(11)15)17-13-4-2-3-5-14(13)18/h6-9,13-14,17-18H,2-5H2,1H3. The summed E-state index contributed by atoms with van der Waals surface area (Å²) in [4.78, 5) is 0. The van der Waals surface area contributed by atoms with Gasteiger partial charge in [0, 0.05) is 17.1 Å². The molecule has 0 spiro atoms. The largest absolute Gasteiger partial charge is 0.392 e. The zero-order valence-electron chi connectivity index (χ0n) is 10.5. The van der Waals surface area contributed by atoms with Crippen molar-refractivity contribution >= 4 is 11.6 Å². The van der Waals surface area contributed by atoms with Gasteiger partial charge in [-0.25, -0.2) is 4.39 Å². The molecule has 0 aliphatic heterocycles. The molecule has 2 nitrogen and oxygen atoms in total. The molecule has 0 radical (unpaired) electrons. The zero-order chi connectivity index (χ0) is 13.1. The molecule has 18 heavy (non-hydrogen) atoms. The van der Waals surface area contributed by atoms with Crippen LogP contribution in [0, 0.1) is 5.82 Å². The SMILES string of the molecule is CC(NC1CCCCC1O)c1ccc(F)cc1Cl. The van der Waals surface area contributed by atoms with Crippen molar-refractivity contribution in [3.63, 3.8) is 0 Å². The lowest BCUT2D eigenvalue weighted by Gasteiger charge is -2.31. The minimum atomic E-state index is -0.325. The van der Waals surface area contributed by atoms with Crippen LogP contribution in [0.5, 0.6) is 0 Å². The summed E-state index contributed by atoms with van der Waals surface area (Å²) in [7, 11) is 0. The molecular weight excluding hydrogens is 253 g/mol. The molecule has 100 valence electrons. The van der Waals surface area contributed by atoms with E-state index >= 15 is 0 Å². The van der Waals surface area contributed by atoms with Gasteiger partial charge in [0.2, 0.25) is 0 Å². The molecule has 1 aromatic rings. The van der Waals surface area contributed by atoms with Crippen LogP contribution < -0.4 is 5.32 Å². The Kier molecular flexibility index (Phi) is 4.60. The monoisotopic (exact) mass is 271 g/mol. The van der Waals surface area contributed by atoms with Crippen molar-refractivity contribution in [2.75, 3.05) is 0 Å². The van der Waals surface area contributed by atoms with Crippen LogP contribution in [0.3, 0.4) is 0 Å². The van der Waals surface area contributed by atoms with Crippen molar-refractivity contribution in [3.05, 3.63) is 34.6 Å². The summed E-state index contributed by atoms with van der Waals surface area (Å²) in [5, 5.41) is 13.7. The zero-order valence-corrected chi connectivity index (χ0v) is 11.3. The molecule has 1 aliphatic carbocycles. The molecule has 3 unspecified atom stereocenters. The molecule has 3 atom stereocenters. The van der Waals surface area contributed by atoms with E-state index in [4.69, 9.17) is 11.6 Å². The van der Waals surface area contributed by atoms with E-state index in [2.05, 4.69) is 5.32 Å². The summed E-state index contributed by atoms with van der Waals surface area (Å²) in [5.74, 6) is -0.325. The van der Waals surface area contributed by atoms with Gasteiger partial charge in [0.1, 0.15) is 5.82 Å². The van der Waals surface area contributed by atoms with E-state index < -0.39 is 0 Å². The number of rotatable bonds is 3. The van der Waals surface area contributed by atoms with Gasteiger partial charge in [-0.2, -0.15) is 0 Å². The first kappa shape index (κ1) is 13.8. The average molecular weight is 272 g/mol. The molecule has 1 fully saturated rings. The Morgan fingerprint density at radius 3 is 2.78 bits per heavy atom. The van der Waals surface area contributed by atoms with E-state index in [1.807, 2.05) is 6.92 Å². The van der Waals surface area contributed by atoms with Crippen molar-refractivity contribution in [1.29, 1.82) is 0 Å². The highest BCUT2D eigenvalue weighted by Crippen LogP contribution is 2.26. The van der Waals surface area contributed by atoms with Crippen LogP contribution in [-0.4, -0.2) is 17.3 Å². The predicted molar refractivity (Wildman–Crippen MR) is 71.2 cm³/mol. The van der Waals surface area contributed by atoms with E-state index in [1.54, 1.807) is 6.07 Å². The van der Waals surface area contributed by atoms with Gasteiger partial charge < -0.3 is 10.4 Å². The molecule has 0 heterocycles. The molecule has 2 N–H and O–H groups in total. The summed E-state index contributed by atoms with van der Waals surface area (Å²) in [6.45, 7) is 1.99. The van der Waals surface area contributed by atoms with Crippen LogP contribution in [-0.2, 0) is 0 Å². The van der Waals surface area contributed by atoms with Crippen LogP contribution in [0.15, 0.2) is 18.2 Å². The van der Waals surface area contributed by atoms with Gasteiger partial charge in [-0.1, -0.05) is 30.5 Å². The molecule has 1 aromatic carbocycles. The number of benzene rings is 1. The van der Waals surface area contributed by atoms with Gasteiger partial charge in [-0.05, 0) is 37.5 Å². The van der Waals surface area contributed by atoms with Gasteiger partial charge in [-0.15, -0.1) is 0 Å². The summed E-state index contributed by atoms with van der Waals surface area (Å²) in [6, 6.07) is 4.55. The minimum absolute atomic E-state index is 0.0100. The van der Waals surface area contributed by atoms with Crippen LogP contribution in [0.25, 0.3) is 0 Å². The highest BCUT2D eigenvalue weighted by atomic mass is 35.5. The second-order valence-electron chi connectivity index (χ2n) is 5.01. The lowest BCUT2D eigenvalue weighted by Crippen LogP contribution is -2.43. The Balaban J connectivity index is 2.04. The summed E-state index contributed by atoms with van der Waals surface area (Å²) >= 11 is 6.04. The van der Waals surface area contributed by atoms with Gasteiger partial charge in [0.15, 0.2) is 0 Å². The Morgan fingerprint density at radius 1 is 1.39 bits per heavy atom. The van der Waals surface area contributed by atoms with E-state index in [0.717, 1.165) is 31.2 Å². The van der Waals surface area contributed by atoms with E-state index in [-0.39, 0.29) is 24.0 Å². The van der Waals surface area contributed by atoms with Gasteiger partial charge >= 0.3 is 0 Å². The van der Waals surface area contributed by atoms with E-state index in [9.17, 15) is 9.50 Å². The van der Waals surface area contributed by atoms with Crippen LogP contribution >= 0.6 is 11.6 Å². The Morgan fingerprint density at radius 2 is 2.11 bits per heavy atom. The van der Waals surface area contributed by atoms with Crippen molar-refractivity contribution in [2.24, 2.45) is 0 Å². The summed E-state index contributed by atoms with van der Waals surface area (Å²) in [6.07, 6.45) is 3.76. The molecular formula is C14H19ClFNO. The highest BCUT2D eigenvalue weighted by molar-refractivity contribution is 6.31. The fourth-order valence-corrected chi connectivity index (χ4v) is 2.90. The number of halogens is 2. The summed E-state index contributed by atoms with van der Waals surface area (Å²) in [5.41, 5.74) is 0.871. The van der Waals surface area contributed by atoms with E-state index in [1.165, 1.54) is 12.1 Å². The Bertz CT molecular complexity index is 413. The second-order valence-corrected chi connectivity index (χ2v) is 5.42. The number of aliphatic hydroxyl groups is 1.